The van der Waals surface area contributed by atoms with Gasteiger partial charge in [0.25, 0.3) is 11.8 Å². The predicted octanol–water partition coefficient (Wildman–Crippen LogP) is 6.76. The zero-order valence-electron chi connectivity index (χ0n) is 19.0. The molecular weight excluding hydrogens is 410 g/mol. The first-order valence-electron chi connectivity index (χ1n) is 12.0. The van der Waals surface area contributed by atoms with Gasteiger partial charge in [-0.1, -0.05) is 92.8 Å². The molecule has 4 rings (SSSR count). The molecule has 0 saturated heterocycles. The molecule has 0 radical (unpaired) electrons. The molecule has 1 aliphatic heterocycles. The molecular formula is C29H31NO3. The molecule has 4 heteroatoms. The Labute approximate surface area is 196 Å². The fourth-order valence-corrected chi connectivity index (χ4v) is 4.33. The number of imide groups is 1. The summed E-state index contributed by atoms with van der Waals surface area (Å²) in [5.74, 6) is 0.644. The number of amides is 2. The Hall–Kier alpha value is -3.40. The van der Waals surface area contributed by atoms with Crippen LogP contribution in [0.25, 0.3) is 11.1 Å². The van der Waals surface area contributed by atoms with Gasteiger partial charge in [0.1, 0.15) is 5.75 Å². The third-order valence-corrected chi connectivity index (χ3v) is 6.13. The van der Waals surface area contributed by atoms with Crippen molar-refractivity contribution in [3.63, 3.8) is 0 Å². The van der Waals surface area contributed by atoms with Crippen LogP contribution in [0.2, 0.25) is 0 Å². The Kier molecular flexibility index (Phi) is 7.91. The van der Waals surface area contributed by atoms with Crippen molar-refractivity contribution in [2.45, 2.75) is 44.9 Å². The number of hydrogen-bond donors (Lipinski definition) is 0. The summed E-state index contributed by atoms with van der Waals surface area (Å²) in [7, 11) is 0. The van der Waals surface area contributed by atoms with Gasteiger partial charge >= 0.3 is 0 Å². The smallest absolute Gasteiger partial charge is 0.261 e. The van der Waals surface area contributed by atoms with E-state index in [0.29, 0.717) is 17.7 Å². The Morgan fingerprint density at radius 1 is 0.545 bits per heavy atom. The Morgan fingerprint density at radius 3 is 1.73 bits per heavy atom. The molecule has 0 aliphatic carbocycles. The summed E-state index contributed by atoms with van der Waals surface area (Å²) in [6, 6.07) is 25.6. The van der Waals surface area contributed by atoms with E-state index in [-0.39, 0.29) is 11.8 Å². The maximum absolute atomic E-state index is 12.4. The molecule has 0 N–H and O–H groups in total. The maximum Gasteiger partial charge on any atom is 0.261 e. The number of rotatable bonds is 12. The maximum atomic E-state index is 12.4. The molecule has 0 spiro atoms. The van der Waals surface area contributed by atoms with Gasteiger partial charge in [0.15, 0.2) is 0 Å². The molecule has 3 aromatic rings. The minimum absolute atomic E-state index is 0.149. The second kappa shape index (κ2) is 11.5. The number of hydrogen-bond acceptors (Lipinski definition) is 3. The zero-order valence-corrected chi connectivity index (χ0v) is 19.0. The van der Waals surface area contributed by atoms with Crippen LogP contribution in [0.15, 0.2) is 78.9 Å². The molecule has 3 aromatic carbocycles. The van der Waals surface area contributed by atoms with Crippen LogP contribution in [0, 0.1) is 0 Å². The lowest BCUT2D eigenvalue weighted by atomic mass is 10.0. The van der Waals surface area contributed by atoms with E-state index in [9.17, 15) is 9.59 Å². The van der Waals surface area contributed by atoms with Crippen LogP contribution in [0.1, 0.15) is 65.7 Å². The number of nitrogens with zero attached hydrogens (tertiary/aromatic N) is 1. The summed E-state index contributed by atoms with van der Waals surface area (Å²) in [5.41, 5.74) is 3.39. The molecule has 4 nitrogen and oxygen atoms in total. The predicted molar refractivity (Wildman–Crippen MR) is 132 cm³/mol. The summed E-state index contributed by atoms with van der Waals surface area (Å²) < 4.78 is 6.07. The molecule has 0 saturated carbocycles. The van der Waals surface area contributed by atoms with Gasteiger partial charge in [-0.25, -0.2) is 0 Å². The highest BCUT2D eigenvalue weighted by Gasteiger charge is 2.34. The van der Waals surface area contributed by atoms with Crippen molar-refractivity contribution in [1.29, 1.82) is 0 Å². The van der Waals surface area contributed by atoms with Crippen LogP contribution in [0.3, 0.4) is 0 Å². The van der Waals surface area contributed by atoms with Crippen LogP contribution >= 0.6 is 0 Å². The molecule has 0 atom stereocenters. The third-order valence-electron chi connectivity index (χ3n) is 6.13. The molecule has 1 aliphatic rings. The summed E-state index contributed by atoms with van der Waals surface area (Å²) in [6.07, 6.45) is 7.56. The van der Waals surface area contributed by atoms with Crippen LogP contribution < -0.4 is 4.74 Å². The first kappa shape index (κ1) is 22.8. The van der Waals surface area contributed by atoms with Gasteiger partial charge < -0.3 is 4.74 Å². The number of unbranched alkanes of at least 4 members (excludes halogenated alkanes) is 6. The number of carbonyl (C=O) groups excluding carboxylic acids is 2. The lowest BCUT2D eigenvalue weighted by Crippen LogP contribution is -2.30. The molecule has 0 bridgehead atoms. The van der Waals surface area contributed by atoms with Crippen molar-refractivity contribution in [2.75, 3.05) is 13.2 Å². The van der Waals surface area contributed by atoms with Crippen molar-refractivity contribution in [2.24, 2.45) is 0 Å². The number of para-hydroxylation sites is 1. The number of fused-ring (bicyclic) bond motifs is 1. The first-order chi connectivity index (χ1) is 16.3. The minimum atomic E-state index is -0.149. The fourth-order valence-electron chi connectivity index (χ4n) is 4.33. The summed E-state index contributed by atoms with van der Waals surface area (Å²) in [6.45, 7) is 1.24. The average Bonchev–Trinajstić information content (AvgIpc) is 3.11. The lowest BCUT2D eigenvalue weighted by molar-refractivity contribution is 0.0651. The van der Waals surface area contributed by atoms with Gasteiger partial charge in [-0.3, -0.25) is 14.5 Å². The average molecular weight is 442 g/mol. The van der Waals surface area contributed by atoms with Crippen LogP contribution in [0.4, 0.5) is 0 Å². The molecule has 1 heterocycles. The van der Waals surface area contributed by atoms with Crippen molar-refractivity contribution < 1.29 is 14.3 Å². The van der Waals surface area contributed by atoms with Crippen LogP contribution in [-0.4, -0.2) is 29.9 Å². The van der Waals surface area contributed by atoms with E-state index in [0.717, 1.165) is 50.0 Å². The van der Waals surface area contributed by atoms with E-state index >= 15 is 0 Å². The van der Waals surface area contributed by atoms with Crippen molar-refractivity contribution in [3.8, 4) is 16.9 Å². The van der Waals surface area contributed by atoms with Gasteiger partial charge in [0.05, 0.1) is 17.7 Å². The van der Waals surface area contributed by atoms with Crippen molar-refractivity contribution >= 4 is 11.8 Å². The zero-order chi connectivity index (χ0) is 22.9. The first-order valence-corrected chi connectivity index (χ1v) is 12.0. The van der Waals surface area contributed by atoms with Crippen molar-refractivity contribution in [3.05, 3.63) is 90.0 Å². The second-order valence-corrected chi connectivity index (χ2v) is 8.49. The van der Waals surface area contributed by atoms with E-state index < -0.39 is 0 Å². The monoisotopic (exact) mass is 441 g/mol. The normalized spacial score (nSPS) is 12.8. The van der Waals surface area contributed by atoms with Gasteiger partial charge in [0, 0.05) is 12.1 Å². The summed E-state index contributed by atoms with van der Waals surface area (Å²) in [4.78, 5) is 26.1. The van der Waals surface area contributed by atoms with E-state index in [1.165, 1.54) is 23.3 Å². The van der Waals surface area contributed by atoms with E-state index in [1.807, 2.05) is 36.4 Å². The largest absolute Gasteiger partial charge is 0.493 e. The highest BCUT2D eigenvalue weighted by Crippen LogP contribution is 2.29. The molecule has 2 amide bonds. The van der Waals surface area contributed by atoms with Crippen LogP contribution in [-0.2, 0) is 0 Å². The summed E-state index contributed by atoms with van der Waals surface area (Å²) in [5, 5.41) is 0. The topological polar surface area (TPSA) is 46.6 Å². The molecule has 0 unspecified atom stereocenters. The van der Waals surface area contributed by atoms with Gasteiger partial charge in [0.2, 0.25) is 0 Å². The highest BCUT2D eigenvalue weighted by molar-refractivity contribution is 6.21. The summed E-state index contributed by atoms with van der Waals surface area (Å²) >= 11 is 0. The third kappa shape index (κ3) is 5.70. The molecule has 33 heavy (non-hydrogen) atoms. The van der Waals surface area contributed by atoms with E-state index in [4.69, 9.17) is 4.74 Å². The fraction of sp³-hybridized carbons (Fsp3) is 0.310. The van der Waals surface area contributed by atoms with Gasteiger partial charge in [-0.15, -0.1) is 0 Å². The second-order valence-electron chi connectivity index (χ2n) is 8.49. The quantitative estimate of drug-likeness (QED) is 0.230. The number of benzene rings is 3. The molecule has 170 valence electrons. The Balaban J connectivity index is 1.08. The van der Waals surface area contributed by atoms with E-state index in [2.05, 4.69) is 18.2 Å². The lowest BCUT2D eigenvalue weighted by Gasteiger charge is -2.13. The number of ether oxygens (including phenoxy) is 1. The number of carbonyl (C=O) groups is 2. The van der Waals surface area contributed by atoms with Crippen molar-refractivity contribution in [1.82, 2.24) is 4.90 Å². The highest BCUT2D eigenvalue weighted by atomic mass is 16.5. The van der Waals surface area contributed by atoms with E-state index in [1.54, 1.807) is 24.3 Å². The van der Waals surface area contributed by atoms with Crippen LogP contribution in [0.5, 0.6) is 5.75 Å². The molecule has 0 aromatic heterocycles. The molecule has 0 fully saturated rings. The Bertz CT molecular complexity index is 1040. The van der Waals surface area contributed by atoms with Gasteiger partial charge in [-0.05, 0) is 36.6 Å². The Morgan fingerprint density at radius 2 is 1.06 bits per heavy atom. The SMILES string of the molecule is O=C1c2ccccc2C(=O)N1CCCCCCCCCOc1ccccc1-c1ccccc1. The minimum Gasteiger partial charge on any atom is -0.493 e. The van der Waals surface area contributed by atoms with Gasteiger partial charge in [-0.2, -0.15) is 0 Å². The standard InChI is InChI=1S/C29H31NO3/c31-28-25-18-9-10-19-26(25)29(32)30(28)21-13-4-2-1-3-5-14-22-33-27-20-12-11-17-24(27)23-15-7-6-8-16-23/h6-12,15-20H,1-5,13-14,21-22H2.